The van der Waals surface area contributed by atoms with Crippen LogP contribution < -0.4 is 5.32 Å². The van der Waals surface area contributed by atoms with E-state index in [0.717, 1.165) is 11.4 Å². The van der Waals surface area contributed by atoms with Crippen LogP contribution in [0.1, 0.15) is 5.76 Å². The molecule has 0 aliphatic heterocycles. The third kappa shape index (κ3) is 2.64. The number of halogens is 2. The topological polar surface area (TPSA) is 38.1 Å². The molecule has 0 unspecified atom stereocenters. The first kappa shape index (κ1) is 10.3. The van der Waals surface area contributed by atoms with Crippen LogP contribution in [-0.2, 0) is 6.54 Å². The normalized spacial score (nSPS) is 10.3. The summed E-state index contributed by atoms with van der Waals surface area (Å²) in [6.07, 6.45) is 3.30. The molecule has 0 bridgehead atoms. The van der Waals surface area contributed by atoms with Gasteiger partial charge in [0.05, 0.1) is 23.5 Å². The van der Waals surface area contributed by atoms with Gasteiger partial charge in [-0.1, -0.05) is 11.6 Å². The zero-order chi connectivity index (χ0) is 10.7. The minimum Gasteiger partial charge on any atom is -0.448 e. The minimum atomic E-state index is 0.379. The number of nitrogens with one attached hydrogen (secondary N) is 1. The van der Waals surface area contributed by atoms with Gasteiger partial charge in [-0.3, -0.25) is 4.98 Å². The highest BCUT2D eigenvalue weighted by Crippen LogP contribution is 2.20. The molecular weight excluding hydrogens is 235 g/mol. The zero-order valence-corrected chi connectivity index (χ0v) is 9.22. The van der Waals surface area contributed by atoms with Crippen LogP contribution in [0.25, 0.3) is 0 Å². The standard InChI is InChI=1S/C10H8Cl2N2O/c11-8-3-4-13-6-9(8)14-5-7-1-2-10(12)15-7/h1-4,6,14H,5H2. The zero-order valence-electron chi connectivity index (χ0n) is 7.71. The highest BCUT2D eigenvalue weighted by atomic mass is 35.5. The SMILES string of the molecule is Clc1ccc(CNc2cnccc2Cl)o1. The van der Waals surface area contributed by atoms with Crippen LogP contribution in [0.3, 0.4) is 0 Å². The van der Waals surface area contributed by atoms with E-state index in [1.807, 2.05) is 0 Å². The third-order valence-electron chi connectivity index (χ3n) is 1.85. The van der Waals surface area contributed by atoms with Crippen molar-refractivity contribution in [2.45, 2.75) is 6.54 Å². The van der Waals surface area contributed by atoms with Gasteiger partial charge in [-0.2, -0.15) is 0 Å². The van der Waals surface area contributed by atoms with E-state index >= 15 is 0 Å². The van der Waals surface area contributed by atoms with Gasteiger partial charge in [0, 0.05) is 6.20 Å². The molecule has 0 saturated carbocycles. The summed E-state index contributed by atoms with van der Waals surface area (Å²) in [5.41, 5.74) is 0.770. The van der Waals surface area contributed by atoms with Gasteiger partial charge in [0.2, 0.25) is 0 Å². The van der Waals surface area contributed by atoms with E-state index in [4.69, 9.17) is 27.6 Å². The lowest BCUT2D eigenvalue weighted by molar-refractivity contribution is 0.520. The third-order valence-corrected chi connectivity index (χ3v) is 2.38. The number of nitrogens with zero attached hydrogens (tertiary/aromatic N) is 1. The number of rotatable bonds is 3. The lowest BCUT2D eigenvalue weighted by atomic mass is 10.4. The molecule has 0 amide bonds. The maximum absolute atomic E-state index is 5.94. The summed E-state index contributed by atoms with van der Waals surface area (Å²) in [4.78, 5) is 3.96. The molecule has 78 valence electrons. The largest absolute Gasteiger partial charge is 0.448 e. The summed E-state index contributed by atoms with van der Waals surface area (Å²) in [6.45, 7) is 0.526. The molecule has 2 heterocycles. The lowest BCUT2D eigenvalue weighted by Crippen LogP contribution is -1.98. The molecule has 2 aromatic rings. The van der Waals surface area contributed by atoms with Gasteiger partial charge >= 0.3 is 0 Å². The molecule has 0 aromatic carbocycles. The Balaban J connectivity index is 2.02. The molecule has 5 heteroatoms. The van der Waals surface area contributed by atoms with Crippen LogP contribution in [0, 0.1) is 0 Å². The van der Waals surface area contributed by atoms with Crippen LogP contribution in [0.15, 0.2) is 35.0 Å². The van der Waals surface area contributed by atoms with Gasteiger partial charge in [-0.25, -0.2) is 0 Å². The first-order valence-electron chi connectivity index (χ1n) is 4.33. The monoisotopic (exact) mass is 242 g/mol. The second-order valence-electron chi connectivity index (χ2n) is 2.91. The van der Waals surface area contributed by atoms with Crippen LogP contribution in [0.4, 0.5) is 5.69 Å². The fourth-order valence-corrected chi connectivity index (χ4v) is 1.47. The Labute approximate surface area is 97.0 Å². The van der Waals surface area contributed by atoms with Crippen molar-refractivity contribution >= 4 is 28.9 Å². The lowest BCUT2D eigenvalue weighted by Gasteiger charge is -2.04. The fourth-order valence-electron chi connectivity index (χ4n) is 1.14. The Bertz CT molecular complexity index is 456. The molecule has 0 spiro atoms. The molecule has 15 heavy (non-hydrogen) atoms. The second kappa shape index (κ2) is 4.55. The van der Waals surface area contributed by atoms with Gasteiger partial charge < -0.3 is 9.73 Å². The van der Waals surface area contributed by atoms with Crippen LogP contribution in [-0.4, -0.2) is 4.98 Å². The highest BCUT2D eigenvalue weighted by molar-refractivity contribution is 6.33. The van der Waals surface area contributed by atoms with E-state index in [9.17, 15) is 0 Å². The molecule has 0 saturated heterocycles. The van der Waals surface area contributed by atoms with Crippen molar-refractivity contribution in [1.82, 2.24) is 4.98 Å². The Hall–Kier alpha value is -1.19. The molecule has 1 N–H and O–H groups in total. The predicted octanol–water partition coefficient (Wildman–Crippen LogP) is 3.59. The van der Waals surface area contributed by atoms with E-state index in [1.54, 1.807) is 30.6 Å². The van der Waals surface area contributed by atoms with E-state index in [0.29, 0.717) is 16.8 Å². The van der Waals surface area contributed by atoms with Gasteiger partial charge in [-0.05, 0) is 29.8 Å². The number of anilines is 1. The number of aromatic nitrogens is 1. The number of hydrogen-bond acceptors (Lipinski definition) is 3. The second-order valence-corrected chi connectivity index (χ2v) is 3.69. The van der Waals surface area contributed by atoms with Crippen LogP contribution in [0.2, 0.25) is 10.2 Å². The van der Waals surface area contributed by atoms with Crippen molar-refractivity contribution in [3.8, 4) is 0 Å². The maximum atomic E-state index is 5.94. The van der Waals surface area contributed by atoms with Gasteiger partial charge in [0.1, 0.15) is 5.76 Å². The summed E-state index contributed by atoms with van der Waals surface area (Å²) in [5, 5.41) is 4.10. The summed E-state index contributed by atoms with van der Waals surface area (Å²) in [7, 11) is 0. The van der Waals surface area contributed by atoms with Crippen molar-refractivity contribution < 1.29 is 4.42 Å². The number of pyridine rings is 1. The van der Waals surface area contributed by atoms with E-state index in [-0.39, 0.29) is 0 Å². The summed E-state index contributed by atoms with van der Waals surface area (Å²) in [6, 6.07) is 5.22. The van der Waals surface area contributed by atoms with E-state index in [1.165, 1.54) is 0 Å². The predicted molar refractivity (Wildman–Crippen MR) is 60.3 cm³/mol. The van der Waals surface area contributed by atoms with Crippen LogP contribution in [0.5, 0.6) is 0 Å². The first-order chi connectivity index (χ1) is 7.25. The fraction of sp³-hybridized carbons (Fsp3) is 0.100. The van der Waals surface area contributed by atoms with Gasteiger partial charge in [0.25, 0.3) is 0 Å². The summed E-state index contributed by atoms with van der Waals surface area (Å²) in [5.74, 6) is 0.750. The number of hydrogen-bond donors (Lipinski definition) is 1. The van der Waals surface area contributed by atoms with Crippen molar-refractivity contribution in [1.29, 1.82) is 0 Å². The Morgan fingerprint density at radius 2 is 2.13 bits per heavy atom. The molecule has 0 atom stereocenters. The quantitative estimate of drug-likeness (QED) is 0.894. The highest BCUT2D eigenvalue weighted by Gasteiger charge is 2.02. The van der Waals surface area contributed by atoms with Crippen molar-refractivity contribution in [3.05, 3.63) is 46.6 Å². The van der Waals surface area contributed by atoms with Crippen LogP contribution >= 0.6 is 23.2 Å². The number of furan rings is 1. The van der Waals surface area contributed by atoms with Gasteiger partial charge in [-0.15, -0.1) is 0 Å². The van der Waals surface area contributed by atoms with Crippen molar-refractivity contribution in [3.63, 3.8) is 0 Å². The molecule has 0 aliphatic rings. The summed E-state index contributed by atoms with van der Waals surface area (Å²) >= 11 is 11.6. The maximum Gasteiger partial charge on any atom is 0.193 e. The molecule has 0 fully saturated rings. The average Bonchev–Trinajstić information content (AvgIpc) is 2.63. The first-order valence-corrected chi connectivity index (χ1v) is 5.09. The Kier molecular flexibility index (Phi) is 3.14. The minimum absolute atomic E-state index is 0.379. The smallest absolute Gasteiger partial charge is 0.193 e. The molecule has 2 aromatic heterocycles. The van der Waals surface area contributed by atoms with E-state index in [2.05, 4.69) is 10.3 Å². The Morgan fingerprint density at radius 1 is 1.27 bits per heavy atom. The molecule has 0 radical (unpaired) electrons. The van der Waals surface area contributed by atoms with Gasteiger partial charge in [0.15, 0.2) is 5.22 Å². The molecule has 0 aliphatic carbocycles. The Morgan fingerprint density at radius 3 is 2.80 bits per heavy atom. The summed E-state index contributed by atoms with van der Waals surface area (Å²) < 4.78 is 5.18. The average molecular weight is 243 g/mol. The van der Waals surface area contributed by atoms with Crippen molar-refractivity contribution in [2.24, 2.45) is 0 Å². The molecule has 3 nitrogen and oxygen atoms in total. The molecule has 2 rings (SSSR count). The molecular formula is C10H8Cl2N2O. The van der Waals surface area contributed by atoms with Crippen molar-refractivity contribution in [2.75, 3.05) is 5.32 Å². The van der Waals surface area contributed by atoms with E-state index < -0.39 is 0 Å².